The van der Waals surface area contributed by atoms with E-state index < -0.39 is 22.0 Å². The molecule has 1 atom stereocenters. The van der Waals surface area contributed by atoms with Gasteiger partial charge in [0.05, 0.1) is 5.02 Å². The number of hydrogen-bond donors (Lipinski definition) is 1. The minimum atomic E-state index is -4.27. The van der Waals surface area contributed by atoms with Crippen LogP contribution in [0.1, 0.15) is 46.9 Å². The van der Waals surface area contributed by atoms with Crippen LogP contribution < -0.4 is 16.0 Å². The normalized spacial score (nSPS) is 16.9. The number of hydrogen-bond acceptors (Lipinski definition) is 10. The summed E-state index contributed by atoms with van der Waals surface area (Å²) in [5.41, 5.74) is 7.39. The van der Waals surface area contributed by atoms with Crippen molar-refractivity contribution in [3.05, 3.63) is 104 Å². The predicted octanol–water partition coefficient (Wildman–Crippen LogP) is 3.21. The van der Waals surface area contributed by atoms with Gasteiger partial charge >= 0.3 is 5.97 Å². The van der Waals surface area contributed by atoms with Gasteiger partial charge in [-0.3, -0.25) is 18.8 Å². The van der Waals surface area contributed by atoms with Gasteiger partial charge in [0.15, 0.2) is 17.2 Å². The lowest BCUT2D eigenvalue weighted by atomic mass is 10.1. The maximum atomic E-state index is 14.1. The first-order valence-corrected chi connectivity index (χ1v) is 18.8. The number of aromatic nitrogens is 2. The number of nitrogens with zero attached hydrogens (tertiary/aromatic N) is 6. The van der Waals surface area contributed by atoms with Crippen molar-refractivity contribution in [2.24, 2.45) is 10.9 Å². The first kappa shape index (κ1) is 37.7. The first-order valence-electron chi connectivity index (χ1n) is 16.6. The van der Waals surface area contributed by atoms with E-state index in [1.54, 1.807) is 59.3 Å². The van der Waals surface area contributed by atoms with Crippen molar-refractivity contribution in [1.82, 2.24) is 23.5 Å². The number of nitrogens with two attached hydrogens (primary N) is 1. The molecule has 2 aliphatic heterocycles. The fourth-order valence-corrected chi connectivity index (χ4v) is 8.77. The van der Waals surface area contributed by atoms with Crippen LogP contribution in [0.5, 0.6) is 5.75 Å². The van der Waals surface area contributed by atoms with E-state index in [2.05, 4.69) is 15.0 Å². The smallest absolute Gasteiger partial charge is 0.332 e. The number of fused-ring (bicyclic) bond motifs is 1. The van der Waals surface area contributed by atoms with Crippen LogP contribution in [0.3, 0.4) is 0 Å². The van der Waals surface area contributed by atoms with E-state index in [1.165, 1.54) is 33.8 Å². The lowest BCUT2D eigenvalue weighted by molar-refractivity contribution is -0.141. The summed E-state index contributed by atoms with van der Waals surface area (Å²) in [7, 11) is -4.27. The van der Waals surface area contributed by atoms with Crippen molar-refractivity contribution in [2.45, 2.75) is 44.2 Å². The third kappa shape index (κ3) is 7.85. The molecule has 4 aromatic rings. The summed E-state index contributed by atoms with van der Waals surface area (Å²) in [5, 5.41) is 3.57. The second-order valence-corrected chi connectivity index (χ2v) is 15.1. The van der Waals surface area contributed by atoms with E-state index in [0.29, 0.717) is 29.7 Å². The fraction of sp³-hybridized carbons (Fsp3) is 0.314. The molecule has 2 aliphatic rings. The highest BCUT2D eigenvalue weighted by atomic mass is 35.5. The van der Waals surface area contributed by atoms with E-state index in [0.717, 1.165) is 0 Å². The maximum absolute atomic E-state index is 14.1. The molecule has 2 aromatic carbocycles. The van der Waals surface area contributed by atoms with Crippen LogP contribution in [-0.4, -0.2) is 94.3 Å². The molecule has 2 fully saturated rings. The van der Waals surface area contributed by atoms with Crippen molar-refractivity contribution >= 4 is 62.5 Å². The van der Waals surface area contributed by atoms with Crippen molar-refractivity contribution in [1.29, 1.82) is 0 Å². The molecule has 2 aromatic heterocycles. The number of benzene rings is 2. The van der Waals surface area contributed by atoms with Gasteiger partial charge in [0.25, 0.3) is 11.5 Å². The molecule has 6 rings (SSSR count). The molecule has 278 valence electrons. The molecule has 2 amide bonds. The van der Waals surface area contributed by atoms with Crippen LogP contribution in [0, 0.1) is 6.92 Å². The zero-order valence-corrected chi connectivity index (χ0v) is 31.0. The molecule has 0 aliphatic carbocycles. The number of piperazine rings is 1. The Bertz CT molecular complexity index is 2290. The second kappa shape index (κ2) is 15.5. The van der Waals surface area contributed by atoms with Crippen LogP contribution >= 0.6 is 23.2 Å². The van der Waals surface area contributed by atoms with Gasteiger partial charge in [-0.05, 0) is 56.2 Å². The topological polar surface area (TPSA) is 186 Å². The summed E-state index contributed by atoms with van der Waals surface area (Å²) in [5.74, 6) is -0.970. The summed E-state index contributed by atoms with van der Waals surface area (Å²) < 4.78 is 36.7. The Morgan fingerprint density at radius 2 is 1.66 bits per heavy atom. The van der Waals surface area contributed by atoms with Gasteiger partial charge < -0.3 is 25.1 Å². The van der Waals surface area contributed by atoms with Crippen molar-refractivity contribution < 1.29 is 32.4 Å². The zero-order chi connectivity index (χ0) is 38.0. The van der Waals surface area contributed by atoms with E-state index in [1.807, 2.05) is 0 Å². The van der Waals surface area contributed by atoms with E-state index in [-0.39, 0.29) is 94.4 Å². The Labute approximate surface area is 314 Å². The van der Waals surface area contributed by atoms with Gasteiger partial charge in [-0.15, -0.1) is 0 Å². The molecule has 0 unspecified atom stereocenters. The van der Waals surface area contributed by atoms with E-state index in [4.69, 9.17) is 33.7 Å². The Hall–Kier alpha value is -5.03. The van der Waals surface area contributed by atoms with Crippen LogP contribution in [0.25, 0.3) is 5.65 Å². The van der Waals surface area contributed by atoms with E-state index >= 15 is 0 Å². The van der Waals surface area contributed by atoms with Crippen LogP contribution in [0.15, 0.2) is 75.6 Å². The summed E-state index contributed by atoms with van der Waals surface area (Å²) in [6, 6.07) is 12.7. The summed E-state index contributed by atoms with van der Waals surface area (Å²) >= 11 is 13.2. The standard InChI is InChI=1S/C35H35Cl2N7O8S/c1-21-19-30(46)43-13-4-6-28(33(43)39-21)51-20-25-26(36)11-12-29(31(25)37)53(49,50)44-14-3-5-27(44)35(48)42-17-15-41(16-18-42)34(47)24-9-7-23(8-10-24)32(38)40-52-22(2)45/h4,6-13,19,27H,3,5,14-18,20H2,1-2H3,(H2,38,40)/t27-/m0/s1. The third-order valence-corrected chi connectivity index (χ3v) is 11.8. The third-order valence-electron chi connectivity index (χ3n) is 8.96. The number of aryl methyl sites for hydroxylation is 1. The highest BCUT2D eigenvalue weighted by Crippen LogP contribution is 2.36. The summed E-state index contributed by atoms with van der Waals surface area (Å²) in [6.45, 7) is 3.69. The molecule has 53 heavy (non-hydrogen) atoms. The SMILES string of the molecule is CC(=O)ON=C(N)c1ccc(C(=O)N2CCN(C(=O)[C@@H]3CCCN3S(=O)(=O)c3ccc(Cl)c(COc4cccn5c(=O)cc(C)nc45)c3Cl)CC2)cc1. The van der Waals surface area contributed by atoms with E-state index in [9.17, 15) is 27.6 Å². The van der Waals surface area contributed by atoms with Crippen molar-refractivity contribution in [2.75, 3.05) is 32.7 Å². The number of oxime groups is 1. The summed E-state index contributed by atoms with van der Waals surface area (Å²) in [4.78, 5) is 62.4. The predicted molar refractivity (Wildman–Crippen MR) is 195 cm³/mol. The monoisotopic (exact) mass is 783 g/mol. The Morgan fingerprint density at radius 3 is 2.36 bits per heavy atom. The molecule has 2 N–H and O–H groups in total. The minimum absolute atomic E-state index is 0.0215. The summed E-state index contributed by atoms with van der Waals surface area (Å²) in [6.07, 6.45) is 2.35. The van der Waals surface area contributed by atoms with Crippen LogP contribution in [0.4, 0.5) is 0 Å². The van der Waals surface area contributed by atoms with Gasteiger partial charge in [0.1, 0.15) is 17.5 Å². The van der Waals surface area contributed by atoms with Crippen molar-refractivity contribution in [3.63, 3.8) is 0 Å². The second-order valence-electron chi connectivity index (χ2n) is 12.5. The average Bonchev–Trinajstić information content (AvgIpc) is 3.65. The number of carbonyl (C=O) groups excluding carboxylic acids is 3. The average molecular weight is 785 g/mol. The molecule has 0 bridgehead atoms. The number of carbonyl (C=O) groups is 3. The number of pyridine rings is 1. The number of amidine groups is 1. The number of sulfonamides is 1. The number of ether oxygens (including phenoxy) is 1. The number of halogens is 2. The van der Waals surface area contributed by atoms with Crippen LogP contribution in [-0.2, 0) is 31.1 Å². The van der Waals surface area contributed by atoms with Gasteiger partial charge in [-0.1, -0.05) is 40.5 Å². The number of rotatable bonds is 9. The number of amides is 2. The molecule has 0 spiro atoms. The Morgan fingerprint density at radius 1 is 0.981 bits per heavy atom. The van der Waals surface area contributed by atoms with Gasteiger partial charge in [-0.25, -0.2) is 18.2 Å². The quantitative estimate of drug-likeness (QED) is 0.114. The molecule has 0 radical (unpaired) electrons. The highest BCUT2D eigenvalue weighted by Gasteiger charge is 2.43. The van der Waals surface area contributed by atoms with Gasteiger partial charge in [0, 0.05) is 79.3 Å². The molecular formula is C35H35Cl2N7O8S. The molecule has 15 nitrogen and oxygen atoms in total. The first-order chi connectivity index (χ1) is 25.3. The molecule has 4 heterocycles. The van der Waals surface area contributed by atoms with Gasteiger partial charge in [0.2, 0.25) is 15.9 Å². The van der Waals surface area contributed by atoms with Crippen LogP contribution in [0.2, 0.25) is 10.0 Å². The van der Waals surface area contributed by atoms with Gasteiger partial charge in [-0.2, -0.15) is 4.31 Å². The van der Waals surface area contributed by atoms with Crippen molar-refractivity contribution in [3.8, 4) is 5.75 Å². The molecule has 18 heteroatoms. The molecule has 2 saturated heterocycles. The Kier molecular flexibility index (Phi) is 11.0. The Balaban J connectivity index is 1.12. The minimum Gasteiger partial charge on any atom is -0.485 e. The lowest BCUT2D eigenvalue weighted by Gasteiger charge is -2.37. The lowest BCUT2D eigenvalue weighted by Crippen LogP contribution is -2.55. The zero-order valence-electron chi connectivity index (χ0n) is 28.7. The molecular weight excluding hydrogens is 749 g/mol. The fourth-order valence-electron chi connectivity index (χ4n) is 6.26. The molecule has 0 saturated carbocycles. The highest BCUT2D eigenvalue weighted by molar-refractivity contribution is 7.89. The maximum Gasteiger partial charge on any atom is 0.332 e. The largest absolute Gasteiger partial charge is 0.485 e.